The van der Waals surface area contributed by atoms with E-state index in [1.807, 2.05) is 11.3 Å². The average Bonchev–Trinajstić information content (AvgIpc) is 3.68. The van der Waals surface area contributed by atoms with Gasteiger partial charge in [-0.15, -0.1) is 11.3 Å². The molecule has 0 N–H and O–H groups in total. The van der Waals surface area contributed by atoms with Gasteiger partial charge in [-0.1, -0.05) is 147 Å². The summed E-state index contributed by atoms with van der Waals surface area (Å²) in [5, 5.41) is 5.23. The van der Waals surface area contributed by atoms with E-state index in [-0.39, 0.29) is 5.41 Å². The average molecular weight is 670 g/mol. The number of anilines is 3. The largest absolute Gasteiger partial charge is 0.309 e. The van der Waals surface area contributed by atoms with Crippen molar-refractivity contribution in [2.24, 2.45) is 0 Å². The van der Waals surface area contributed by atoms with Gasteiger partial charge in [-0.2, -0.15) is 0 Å². The molecule has 9 aromatic rings. The van der Waals surface area contributed by atoms with E-state index in [1.165, 1.54) is 81.1 Å². The lowest BCUT2D eigenvalue weighted by Gasteiger charge is -2.27. The Labute approximate surface area is 302 Å². The summed E-state index contributed by atoms with van der Waals surface area (Å²) in [5.41, 5.74) is 13.8. The predicted octanol–water partition coefficient (Wildman–Crippen LogP) is 14.3. The zero-order chi connectivity index (χ0) is 34.1. The third-order valence-electron chi connectivity index (χ3n) is 10.8. The van der Waals surface area contributed by atoms with Gasteiger partial charge < -0.3 is 4.90 Å². The van der Waals surface area contributed by atoms with E-state index in [2.05, 4.69) is 195 Å². The molecular formula is C49H35NS. The van der Waals surface area contributed by atoms with Crippen LogP contribution < -0.4 is 4.90 Å². The van der Waals surface area contributed by atoms with Crippen LogP contribution in [0.5, 0.6) is 0 Å². The third-order valence-corrected chi connectivity index (χ3v) is 12.0. The van der Waals surface area contributed by atoms with Gasteiger partial charge in [-0.3, -0.25) is 0 Å². The molecule has 2 heteroatoms. The van der Waals surface area contributed by atoms with Gasteiger partial charge in [0.25, 0.3) is 0 Å². The minimum absolute atomic E-state index is 0.0923. The van der Waals surface area contributed by atoms with Gasteiger partial charge in [0.15, 0.2) is 0 Å². The van der Waals surface area contributed by atoms with Crippen molar-refractivity contribution < 1.29 is 0 Å². The second-order valence-electron chi connectivity index (χ2n) is 14.1. The quantitative estimate of drug-likeness (QED) is 0.176. The SMILES string of the molecule is CC1(C)c2ccccc2-c2c(-c3ccc(N(c4cccc(-c5ccccc5)c4)c4cccc5c4sc4ccccc45)cc3)cc3ccccc3c21. The molecule has 1 aliphatic carbocycles. The lowest BCUT2D eigenvalue weighted by Crippen LogP contribution is -2.15. The molecule has 0 fully saturated rings. The van der Waals surface area contributed by atoms with Crippen LogP contribution in [0.25, 0.3) is 64.3 Å². The van der Waals surface area contributed by atoms with Crippen molar-refractivity contribution in [3.63, 3.8) is 0 Å². The molecule has 0 aliphatic heterocycles. The van der Waals surface area contributed by atoms with Gasteiger partial charge in [0.2, 0.25) is 0 Å². The van der Waals surface area contributed by atoms with E-state index in [4.69, 9.17) is 0 Å². The van der Waals surface area contributed by atoms with Crippen molar-refractivity contribution >= 4 is 59.3 Å². The van der Waals surface area contributed by atoms with Gasteiger partial charge in [0, 0.05) is 32.3 Å². The lowest BCUT2D eigenvalue weighted by molar-refractivity contribution is 0.666. The van der Waals surface area contributed by atoms with E-state index in [0.717, 1.165) is 11.4 Å². The number of fused-ring (bicyclic) bond motifs is 8. The molecule has 0 saturated heterocycles. The highest BCUT2D eigenvalue weighted by Gasteiger charge is 2.38. The highest BCUT2D eigenvalue weighted by atomic mass is 32.1. The van der Waals surface area contributed by atoms with Crippen molar-refractivity contribution in [2.45, 2.75) is 19.3 Å². The number of benzene rings is 8. The number of hydrogen-bond acceptors (Lipinski definition) is 2. The highest BCUT2D eigenvalue weighted by molar-refractivity contribution is 7.26. The Morgan fingerprint density at radius 1 is 0.471 bits per heavy atom. The minimum Gasteiger partial charge on any atom is -0.309 e. The molecule has 0 amide bonds. The highest BCUT2D eigenvalue weighted by Crippen LogP contribution is 2.55. The smallest absolute Gasteiger partial charge is 0.0640 e. The van der Waals surface area contributed by atoms with E-state index in [0.29, 0.717) is 0 Å². The molecule has 1 aromatic heterocycles. The summed E-state index contributed by atoms with van der Waals surface area (Å²) in [6.45, 7) is 4.76. The van der Waals surface area contributed by atoms with E-state index >= 15 is 0 Å². The van der Waals surface area contributed by atoms with E-state index in [1.54, 1.807) is 0 Å². The molecule has 0 bridgehead atoms. The van der Waals surface area contributed by atoms with Crippen LogP contribution >= 0.6 is 11.3 Å². The van der Waals surface area contributed by atoms with Crippen LogP contribution in [-0.2, 0) is 5.41 Å². The summed E-state index contributed by atoms with van der Waals surface area (Å²) >= 11 is 1.87. The fourth-order valence-electron chi connectivity index (χ4n) is 8.47. The van der Waals surface area contributed by atoms with Crippen LogP contribution in [0.1, 0.15) is 25.0 Å². The number of rotatable bonds is 5. The molecule has 0 atom stereocenters. The van der Waals surface area contributed by atoms with Gasteiger partial charge in [0.1, 0.15) is 0 Å². The van der Waals surface area contributed by atoms with Crippen LogP contribution in [0.4, 0.5) is 17.1 Å². The number of hydrogen-bond donors (Lipinski definition) is 0. The lowest BCUT2D eigenvalue weighted by atomic mass is 9.79. The van der Waals surface area contributed by atoms with E-state index in [9.17, 15) is 0 Å². The van der Waals surface area contributed by atoms with Crippen LogP contribution in [0, 0.1) is 0 Å². The summed E-state index contributed by atoms with van der Waals surface area (Å²) in [7, 11) is 0. The maximum Gasteiger partial charge on any atom is 0.0640 e. The molecule has 10 rings (SSSR count). The maximum atomic E-state index is 2.44. The molecule has 1 aliphatic rings. The number of thiophene rings is 1. The summed E-state index contributed by atoms with van der Waals surface area (Å²) in [6.07, 6.45) is 0. The zero-order valence-electron chi connectivity index (χ0n) is 28.6. The van der Waals surface area contributed by atoms with Crippen LogP contribution in [0.3, 0.4) is 0 Å². The first-order valence-corrected chi connectivity index (χ1v) is 18.5. The second-order valence-corrected chi connectivity index (χ2v) is 15.2. The second kappa shape index (κ2) is 11.6. The first-order valence-electron chi connectivity index (χ1n) is 17.7. The first-order chi connectivity index (χ1) is 25.1. The fourth-order valence-corrected chi connectivity index (χ4v) is 9.67. The van der Waals surface area contributed by atoms with Crippen molar-refractivity contribution in [1.82, 2.24) is 0 Å². The Morgan fingerprint density at radius 3 is 2.02 bits per heavy atom. The predicted molar refractivity (Wildman–Crippen MR) is 220 cm³/mol. The molecule has 51 heavy (non-hydrogen) atoms. The van der Waals surface area contributed by atoms with Crippen molar-refractivity contribution in [2.75, 3.05) is 4.90 Å². The van der Waals surface area contributed by atoms with Gasteiger partial charge in [0.05, 0.1) is 10.4 Å². The Kier molecular flexibility index (Phi) is 6.78. The standard InChI is InChI=1S/C49H35NS/c1-49(2)43-23-10-8-21-41(43)46-42(31-35-16-6-7-19-38(35)47(46)49)33-26-28-36(29-27-33)50(37-18-12-17-34(30-37)32-14-4-3-5-15-32)44-24-13-22-40-39-20-9-11-25-45(39)51-48(40)44/h3-31H,1-2H3. The van der Waals surface area contributed by atoms with Crippen LogP contribution in [0.2, 0.25) is 0 Å². The van der Waals surface area contributed by atoms with Crippen LogP contribution in [0.15, 0.2) is 176 Å². The summed E-state index contributed by atoms with van der Waals surface area (Å²) < 4.78 is 2.60. The molecule has 1 heterocycles. The topological polar surface area (TPSA) is 3.24 Å². The summed E-state index contributed by atoms with van der Waals surface area (Å²) in [4.78, 5) is 2.44. The monoisotopic (exact) mass is 669 g/mol. The first kappa shape index (κ1) is 29.9. The Morgan fingerprint density at radius 2 is 1.16 bits per heavy atom. The molecule has 1 nitrogen and oxygen atoms in total. The molecule has 242 valence electrons. The molecular weight excluding hydrogens is 635 g/mol. The Bertz CT molecular complexity index is 2770. The molecule has 8 aromatic carbocycles. The molecule has 0 unspecified atom stereocenters. The van der Waals surface area contributed by atoms with E-state index < -0.39 is 0 Å². The van der Waals surface area contributed by atoms with Gasteiger partial charge in [-0.05, 0) is 97.7 Å². The number of nitrogens with zero attached hydrogens (tertiary/aromatic N) is 1. The fraction of sp³-hybridized carbons (Fsp3) is 0.0612. The third kappa shape index (κ3) is 4.67. The van der Waals surface area contributed by atoms with Gasteiger partial charge >= 0.3 is 0 Å². The van der Waals surface area contributed by atoms with Crippen molar-refractivity contribution in [3.8, 4) is 33.4 Å². The molecule has 0 spiro atoms. The Hall–Kier alpha value is -5.96. The molecule has 0 radical (unpaired) electrons. The summed E-state index contributed by atoms with van der Waals surface area (Å²) in [5.74, 6) is 0. The maximum absolute atomic E-state index is 2.44. The zero-order valence-corrected chi connectivity index (χ0v) is 29.4. The van der Waals surface area contributed by atoms with Crippen molar-refractivity contribution in [3.05, 3.63) is 187 Å². The Balaban J connectivity index is 1.17. The van der Waals surface area contributed by atoms with Crippen molar-refractivity contribution in [1.29, 1.82) is 0 Å². The summed E-state index contributed by atoms with van der Waals surface area (Å²) in [6, 6.07) is 64.7. The molecule has 0 saturated carbocycles. The minimum atomic E-state index is -0.0923. The van der Waals surface area contributed by atoms with Gasteiger partial charge in [-0.25, -0.2) is 0 Å². The van der Waals surface area contributed by atoms with Crippen LogP contribution in [-0.4, -0.2) is 0 Å². The normalized spacial score (nSPS) is 13.1.